The van der Waals surface area contributed by atoms with E-state index in [0.29, 0.717) is 24.6 Å². The van der Waals surface area contributed by atoms with Crippen molar-refractivity contribution < 1.29 is 19.4 Å². The summed E-state index contributed by atoms with van der Waals surface area (Å²) < 4.78 is 5.83. The Morgan fingerprint density at radius 3 is 1.80 bits per heavy atom. The highest BCUT2D eigenvalue weighted by Crippen LogP contribution is 2.21. The van der Waals surface area contributed by atoms with Crippen molar-refractivity contribution in [2.75, 3.05) is 6.54 Å². The molecule has 0 aliphatic rings. The maximum atomic E-state index is 13.3. The molecule has 0 saturated heterocycles. The number of unbranched alkanes of at least 4 members (excludes halogenated alkanes) is 15. The van der Waals surface area contributed by atoms with Gasteiger partial charge in [-0.05, 0) is 44.9 Å². The van der Waals surface area contributed by atoms with E-state index in [0.717, 1.165) is 29.7 Å². The lowest BCUT2D eigenvalue weighted by molar-refractivity contribution is -0.273. The predicted octanol–water partition coefficient (Wildman–Crippen LogP) is 8.39. The van der Waals surface area contributed by atoms with Crippen LogP contribution in [0.2, 0.25) is 0 Å². The van der Waals surface area contributed by atoms with Gasteiger partial charge in [-0.2, -0.15) is 0 Å². The number of carboxylic acid groups (broad SMARTS) is 1. The third-order valence-electron chi connectivity index (χ3n) is 8.31. The largest absolute Gasteiger partial charge is 0.530 e. The van der Waals surface area contributed by atoms with Crippen LogP contribution in [0.1, 0.15) is 142 Å². The number of nitrogens with one attached hydrogen (secondary N) is 1. The van der Waals surface area contributed by atoms with Crippen molar-refractivity contribution in [3.05, 3.63) is 59.9 Å². The topological polar surface area (TPSA) is 94.6 Å². The van der Waals surface area contributed by atoms with E-state index in [1.165, 1.54) is 83.5 Å². The van der Waals surface area contributed by atoms with Crippen molar-refractivity contribution in [2.45, 2.75) is 155 Å². The minimum atomic E-state index is -1.37. The Morgan fingerprint density at radius 1 is 0.800 bits per heavy atom. The molecule has 0 radical (unpaired) electrons. The quantitative estimate of drug-likeness (QED) is 0.119. The van der Waals surface area contributed by atoms with Gasteiger partial charge in [-0.1, -0.05) is 134 Å². The molecule has 1 N–H and O–H groups in total. The minimum Gasteiger partial charge on any atom is -0.530 e. The molecular weight excluding hydrogens is 562 g/mol. The highest BCUT2D eigenvalue weighted by atomic mass is 16.5. The average molecular weight is 623 g/mol. The van der Waals surface area contributed by atoms with E-state index < -0.39 is 17.7 Å². The van der Waals surface area contributed by atoms with Crippen LogP contribution in [0.4, 0.5) is 4.79 Å². The summed E-state index contributed by atoms with van der Waals surface area (Å²) in [5.41, 5.74) is 0.853. The zero-order valence-corrected chi connectivity index (χ0v) is 28.7. The third-order valence-corrected chi connectivity index (χ3v) is 8.31. The van der Waals surface area contributed by atoms with Gasteiger partial charge in [-0.15, -0.1) is 0 Å². The molecule has 1 heterocycles. The van der Waals surface area contributed by atoms with Crippen LogP contribution in [0, 0.1) is 0 Å². The van der Waals surface area contributed by atoms with Crippen LogP contribution in [0.15, 0.2) is 48.7 Å². The Bertz CT molecular complexity index is 1050. The molecule has 7 nitrogen and oxygen atoms in total. The van der Waals surface area contributed by atoms with Gasteiger partial charge < -0.3 is 24.9 Å². The lowest BCUT2D eigenvalue weighted by atomic mass is 9.99. The number of hydrogen-bond acceptors (Lipinski definition) is 5. The Labute approximate surface area is 273 Å². The van der Waals surface area contributed by atoms with Crippen molar-refractivity contribution in [3.8, 4) is 5.75 Å². The fourth-order valence-corrected chi connectivity index (χ4v) is 5.73. The number of nitrogens with zero attached hydrogens (tertiary/aromatic N) is 2. The molecule has 1 unspecified atom stereocenters. The molecule has 1 aromatic carbocycles. The summed E-state index contributed by atoms with van der Waals surface area (Å²) in [7, 11) is 0. The molecule has 0 aliphatic carbocycles. The summed E-state index contributed by atoms with van der Waals surface area (Å²) in [5, 5.41) is 15.2. The summed E-state index contributed by atoms with van der Waals surface area (Å²) in [4.78, 5) is 31.1. The molecule has 2 rings (SSSR count). The van der Waals surface area contributed by atoms with Crippen LogP contribution in [0.3, 0.4) is 0 Å². The lowest BCUT2D eigenvalue weighted by Gasteiger charge is -2.42. The molecular formula is C38H60N3O4-. The van der Waals surface area contributed by atoms with Gasteiger partial charge in [0, 0.05) is 24.2 Å². The van der Waals surface area contributed by atoms with Crippen LogP contribution in [-0.4, -0.2) is 40.0 Å². The summed E-state index contributed by atoms with van der Waals surface area (Å²) in [6.45, 7) is 8.53. The monoisotopic (exact) mass is 622 g/mol. The van der Waals surface area contributed by atoms with E-state index in [1.54, 1.807) is 39.1 Å². The maximum Gasteiger partial charge on any atom is 0.243 e. The van der Waals surface area contributed by atoms with Crippen molar-refractivity contribution in [3.63, 3.8) is 0 Å². The van der Waals surface area contributed by atoms with Crippen LogP contribution in [0.25, 0.3) is 0 Å². The Morgan fingerprint density at radius 2 is 1.33 bits per heavy atom. The first-order valence-electron chi connectivity index (χ1n) is 17.6. The Balaban J connectivity index is 1.70. The first kappa shape index (κ1) is 38.1. The molecule has 0 saturated carbocycles. The van der Waals surface area contributed by atoms with Gasteiger partial charge >= 0.3 is 0 Å². The zero-order chi connectivity index (χ0) is 32.8. The van der Waals surface area contributed by atoms with Crippen LogP contribution in [0.5, 0.6) is 5.75 Å². The number of hydrogen-bond donors (Lipinski definition) is 1. The zero-order valence-electron chi connectivity index (χ0n) is 28.7. The molecule has 0 fully saturated rings. The van der Waals surface area contributed by atoms with Crippen molar-refractivity contribution >= 4 is 12.0 Å². The number of benzene rings is 1. The molecule has 1 aromatic heterocycles. The fraction of sp³-hybridized carbons (Fsp3) is 0.658. The van der Waals surface area contributed by atoms with Crippen LogP contribution in [-0.2, 0) is 17.8 Å². The summed E-state index contributed by atoms with van der Waals surface area (Å²) in [5.74, 6) is 0.293. The molecule has 2 amide bonds. The van der Waals surface area contributed by atoms with Gasteiger partial charge in [0.25, 0.3) is 0 Å². The molecule has 1 atom stereocenters. The smallest absolute Gasteiger partial charge is 0.243 e. The molecule has 0 spiro atoms. The third kappa shape index (κ3) is 16.7. The molecule has 0 aliphatic heterocycles. The summed E-state index contributed by atoms with van der Waals surface area (Å²) >= 11 is 0. The molecule has 252 valence electrons. The summed E-state index contributed by atoms with van der Waals surface area (Å²) in [6.07, 6.45) is 21.1. The second kappa shape index (κ2) is 22.4. The minimum absolute atomic E-state index is 0.148. The highest BCUT2D eigenvalue weighted by Gasteiger charge is 2.34. The van der Waals surface area contributed by atoms with Gasteiger partial charge in [0.2, 0.25) is 5.91 Å². The molecule has 7 heteroatoms. The fourth-order valence-electron chi connectivity index (χ4n) is 5.73. The average Bonchev–Trinajstić information content (AvgIpc) is 3.01. The van der Waals surface area contributed by atoms with E-state index in [-0.39, 0.29) is 12.3 Å². The van der Waals surface area contributed by atoms with E-state index >= 15 is 0 Å². The van der Waals surface area contributed by atoms with Gasteiger partial charge in [0.1, 0.15) is 24.5 Å². The van der Waals surface area contributed by atoms with E-state index in [2.05, 4.69) is 17.2 Å². The van der Waals surface area contributed by atoms with Crippen molar-refractivity contribution in [1.29, 1.82) is 0 Å². The number of aromatic nitrogens is 1. The first-order valence-corrected chi connectivity index (χ1v) is 17.6. The number of carbonyl (C=O) groups is 2. The van der Waals surface area contributed by atoms with E-state index in [4.69, 9.17) is 4.74 Å². The van der Waals surface area contributed by atoms with Gasteiger partial charge in [0.15, 0.2) is 0 Å². The van der Waals surface area contributed by atoms with Gasteiger partial charge in [-0.25, -0.2) is 0 Å². The molecule has 0 bridgehead atoms. The Kier molecular flexibility index (Phi) is 19.0. The normalized spacial score (nSPS) is 12.1. The van der Waals surface area contributed by atoms with Crippen LogP contribution >= 0.6 is 0 Å². The SMILES string of the molecule is CCCCCCCCCCCCCCCCCCNC(=O)C(Cc1ccc(OCc2ccccc2)cn1)N(C(=O)[O-])C(C)(C)C. The van der Waals surface area contributed by atoms with Crippen molar-refractivity contribution in [1.82, 2.24) is 15.2 Å². The van der Waals surface area contributed by atoms with Crippen LogP contribution < -0.4 is 15.2 Å². The second-order valence-corrected chi connectivity index (χ2v) is 13.4. The van der Waals surface area contributed by atoms with Crippen molar-refractivity contribution in [2.24, 2.45) is 0 Å². The molecule has 45 heavy (non-hydrogen) atoms. The number of rotatable bonds is 24. The van der Waals surface area contributed by atoms with E-state index in [9.17, 15) is 14.7 Å². The first-order chi connectivity index (χ1) is 21.7. The van der Waals surface area contributed by atoms with Gasteiger partial charge in [0.05, 0.1) is 6.20 Å². The summed E-state index contributed by atoms with van der Waals surface area (Å²) in [6, 6.07) is 12.5. The van der Waals surface area contributed by atoms with Gasteiger partial charge in [-0.3, -0.25) is 9.78 Å². The number of pyridine rings is 1. The Hall–Kier alpha value is -3.09. The number of carbonyl (C=O) groups excluding carboxylic acids is 2. The second-order valence-electron chi connectivity index (χ2n) is 13.4. The molecule has 2 aromatic rings. The number of ether oxygens (including phenoxy) is 1. The predicted molar refractivity (Wildman–Crippen MR) is 182 cm³/mol. The number of amides is 2. The maximum absolute atomic E-state index is 13.3. The van der Waals surface area contributed by atoms with E-state index in [1.807, 2.05) is 30.3 Å². The lowest BCUT2D eigenvalue weighted by Crippen LogP contribution is -2.61. The highest BCUT2D eigenvalue weighted by molar-refractivity contribution is 5.85. The standard InChI is InChI=1S/C38H61N3O4/c1-5-6-7-8-9-10-11-12-13-14-15-16-17-18-19-23-28-39-36(42)35(41(37(43)44)38(2,3)4)29-33-26-27-34(30-40-33)45-31-32-24-21-20-22-25-32/h20-22,24-27,30,35H,5-19,23,28-29,31H2,1-4H3,(H,39,42)(H,43,44)/p-1.